The van der Waals surface area contributed by atoms with Crippen LogP contribution in [0.3, 0.4) is 0 Å². The molecule has 1 atom stereocenters. The second kappa shape index (κ2) is 6.70. The topological polar surface area (TPSA) is 59.5 Å². The molecule has 2 aromatic rings. The standard InChI is InChI=1S/C16H18N2O3S/c1-10(15(19)18(3)4)21-16(20)14-13(17-11(2)22-14)12-8-6-5-7-9-12/h5-10H,1-4H3/t10-/m0/s1. The number of carbonyl (C=O) groups is 2. The number of ether oxygens (including phenoxy) is 1. The number of rotatable bonds is 4. The summed E-state index contributed by atoms with van der Waals surface area (Å²) in [4.78, 5) is 30.4. The van der Waals surface area contributed by atoms with Crippen molar-refractivity contribution < 1.29 is 14.3 Å². The third-order valence-electron chi connectivity index (χ3n) is 3.04. The highest BCUT2D eigenvalue weighted by Gasteiger charge is 2.24. The highest BCUT2D eigenvalue weighted by molar-refractivity contribution is 7.14. The van der Waals surface area contributed by atoms with Gasteiger partial charge in [0.15, 0.2) is 6.10 Å². The van der Waals surface area contributed by atoms with Crippen LogP contribution in [0.5, 0.6) is 0 Å². The lowest BCUT2D eigenvalue weighted by Crippen LogP contribution is -2.34. The molecule has 0 saturated heterocycles. The summed E-state index contributed by atoms with van der Waals surface area (Å²) in [6.07, 6.45) is -0.825. The van der Waals surface area contributed by atoms with E-state index in [1.807, 2.05) is 37.3 Å². The van der Waals surface area contributed by atoms with Crippen molar-refractivity contribution in [2.45, 2.75) is 20.0 Å². The Balaban J connectivity index is 2.26. The number of aryl methyl sites for hydroxylation is 1. The Hall–Kier alpha value is -2.21. The third kappa shape index (κ3) is 3.51. The molecule has 0 unspecified atom stereocenters. The van der Waals surface area contributed by atoms with E-state index in [1.54, 1.807) is 21.0 Å². The highest BCUT2D eigenvalue weighted by atomic mass is 32.1. The van der Waals surface area contributed by atoms with Crippen LogP contribution >= 0.6 is 11.3 Å². The molecule has 0 aliphatic rings. The van der Waals surface area contributed by atoms with Gasteiger partial charge in [-0.2, -0.15) is 0 Å². The molecule has 22 heavy (non-hydrogen) atoms. The van der Waals surface area contributed by atoms with Gasteiger partial charge in [0.1, 0.15) is 4.88 Å². The fraction of sp³-hybridized carbons (Fsp3) is 0.312. The zero-order chi connectivity index (χ0) is 16.3. The average Bonchev–Trinajstić information content (AvgIpc) is 2.89. The van der Waals surface area contributed by atoms with Crippen LogP contribution in [-0.4, -0.2) is 42.0 Å². The van der Waals surface area contributed by atoms with E-state index in [0.717, 1.165) is 10.6 Å². The van der Waals surface area contributed by atoms with Crippen LogP contribution < -0.4 is 0 Å². The molecule has 6 heteroatoms. The summed E-state index contributed by atoms with van der Waals surface area (Å²) < 4.78 is 5.28. The first-order valence-electron chi connectivity index (χ1n) is 6.85. The lowest BCUT2D eigenvalue weighted by Gasteiger charge is -2.17. The van der Waals surface area contributed by atoms with Crippen molar-refractivity contribution in [2.75, 3.05) is 14.1 Å². The van der Waals surface area contributed by atoms with E-state index in [1.165, 1.54) is 16.2 Å². The second-order valence-electron chi connectivity index (χ2n) is 5.06. The van der Waals surface area contributed by atoms with Crippen LogP contribution in [0.15, 0.2) is 30.3 Å². The number of hydrogen-bond acceptors (Lipinski definition) is 5. The third-order valence-corrected chi connectivity index (χ3v) is 3.99. The predicted molar refractivity (Wildman–Crippen MR) is 85.9 cm³/mol. The molecule has 1 amide bonds. The molecule has 116 valence electrons. The molecule has 5 nitrogen and oxygen atoms in total. The van der Waals surface area contributed by atoms with Crippen LogP contribution in [0.25, 0.3) is 11.3 Å². The number of amides is 1. The quantitative estimate of drug-likeness (QED) is 0.813. The summed E-state index contributed by atoms with van der Waals surface area (Å²) in [7, 11) is 3.25. The van der Waals surface area contributed by atoms with Gasteiger partial charge in [-0.25, -0.2) is 9.78 Å². The number of carbonyl (C=O) groups excluding carboxylic acids is 2. The van der Waals surface area contributed by atoms with Crippen molar-refractivity contribution in [1.29, 1.82) is 0 Å². The van der Waals surface area contributed by atoms with Crippen molar-refractivity contribution in [2.24, 2.45) is 0 Å². The van der Waals surface area contributed by atoms with Gasteiger partial charge in [-0.05, 0) is 13.8 Å². The number of likely N-dealkylation sites (N-methyl/N-ethyl adjacent to an activating group) is 1. The number of hydrogen-bond donors (Lipinski definition) is 0. The summed E-state index contributed by atoms with van der Waals surface area (Å²) in [6.45, 7) is 3.40. The van der Waals surface area contributed by atoms with E-state index in [-0.39, 0.29) is 5.91 Å². The SMILES string of the molecule is Cc1nc(-c2ccccc2)c(C(=O)O[C@@H](C)C(=O)N(C)C)s1. The maximum atomic E-state index is 12.4. The Labute approximate surface area is 133 Å². The van der Waals surface area contributed by atoms with E-state index in [0.29, 0.717) is 10.6 Å². The molecule has 2 rings (SSSR count). The average molecular weight is 318 g/mol. The van der Waals surface area contributed by atoms with Gasteiger partial charge in [-0.3, -0.25) is 4.79 Å². The van der Waals surface area contributed by atoms with Crippen molar-refractivity contribution >= 4 is 23.2 Å². The molecular formula is C16H18N2O3S. The van der Waals surface area contributed by atoms with Crippen LogP contribution in [-0.2, 0) is 9.53 Å². The van der Waals surface area contributed by atoms with Gasteiger partial charge in [-0.15, -0.1) is 11.3 Å². The molecule has 0 spiro atoms. The van der Waals surface area contributed by atoms with Crippen molar-refractivity contribution in [3.63, 3.8) is 0 Å². The monoisotopic (exact) mass is 318 g/mol. The predicted octanol–water partition coefficient (Wildman–Crippen LogP) is 2.75. The summed E-state index contributed by atoms with van der Waals surface area (Å²) in [6, 6.07) is 9.45. The minimum atomic E-state index is -0.825. The number of aromatic nitrogens is 1. The number of esters is 1. The Bertz CT molecular complexity index is 680. The number of benzene rings is 1. The van der Waals surface area contributed by atoms with Crippen molar-refractivity contribution in [1.82, 2.24) is 9.88 Å². The van der Waals surface area contributed by atoms with Gasteiger partial charge in [-0.1, -0.05) is 30.3 Å². The van der Waals surface area contributed by atoms with Crippen molar-refractivity contribution in [3.05, 3.63) is 40.2 Å². The summed E-state index contributed by atoms with van der Waals surface area (Å²) >= 11 is 1.27. The van der Waals surface area contributed by atoms with Gasteiger partial charge in [0.25, 0.3) is 5.91 Å². The minimum Gasteiger partial charge on any atom is -0.448 e. The molecule has 1 aromatic carbocycles. The first-order valence-corrected chi connectivity index (χ1v) is 7.66. The minimum absolute atomic E-state index is 0.254. The van der Waals surface area contributed by atoms with Crippen molar-refractivity contribution in [3.8, 4) is 11.3 Å². The molecule has 1 heterocycles. The Kier molecular flexibility index (Phi) is 4.92. The Morgan fingerprint density at radius 1 is 1.23 bits per heavy atom. The molecule has 0 bridgehead atoms. The molecule has 0 aliphatic carbocycles. The normalized spacial score (nSPS) is 11.8. The largest absolute Gasteiger partial charge is 0.448 e. The molecule has 0 N–H and O–H groups in total. The zero-order valence-electron chi connectivity index (χ0n) is 13.0. The first kappa shape index (κ1) is 16.2. The fourth-order valence-corrected chi connectivity index (χ4v) is 2.81. The second-order valence-corrected chi connectivity index (χ2v) is 6.26. The molecular weight excluding hydrogens is 300 g/mol. The molecule has 0 aliphatic heterocycles. The van der Waals surface area contributed by atoms with E-state index in [2.05, 4.69) is 4.98 Å². The number of thiazole rings is 1. The lowest BCUT2D eigenvalue weighted by atomic mass is 10.1. The van der Waals surface area contributed by atoms with E-state index in [4.69, 9.17) is 4.74 Å². The van der Waals surface area contributed by atoms with Gasteiger partial charge >= 0.3 is 5.97 Å². The van der Waals surface area contributed by atoms with Crippen LogP contribution in [0.1, 0.15) is 21.6 Å². The van der Waals surface area contributed by atoms with E-state index < -0.39 is 12.1 Å². The molecule has 0 radical (unpaired) electrons. The number of nitrogens with zero attached hydrogens (tertiary/aromatic N) is 2. The zero-order valence-corrected chi connectivity index (χ0v) is 13.8. The summed E-state index contributed by atoms with van der Waals surface area (Å²) in [5.74, 6) is -0.775. The van der Waals surface area contributed by atoms with E-state index >= 15 is 0 Å². The van der Waals surface area contributed by atoms with Gasteiger partial charge < -0.3 is 9.64 Å². The first-order chi connectivity index (χ1) is 10.4. The molecule has 0 saturated carbocycles. The maximum absolute atomic E-state index is 12.4. The van der Waals surface area contributed by atoms with Gasteiger partial charge in [0.05, 0.1) is 10.7 Å². The maximum Gasteiger partial charge on any atom is 0.351 e. The Morgan fingerprint density at radius 3 is 2.45 bits per heavy atom. The molecule has 0 fully saturated rings. The fourth-order valence-electron chi connectivity index (χ4n) is 1.99. The van der Waals surface area contributed by atoms with E-state index in [9.17, 15) is 9.59 Å². The van der Waals surface area contributed by atoms with Crippen LogP contribution in [0, 0.1) is 6.92 Å². The van der Waals surface area contributed by atoms with Crippen LogP contribution in [0.2, 0.25) is 0 Å². The summed E-state index contributed by atoms with van der Waals surface area (Å²) in [5.41, 5.74) is 1.45. The lowest BCUT2D eigenvalue weighted by molar-refractivity contribution is -0.137. The van der Waals surface area contributed by atoms with Gasteiger partial charge in [0, 0.05) is 19.7 Å². The van der Waals surface area contributed by atoms with Gasteiger partial charge in [0.2, 0.25) is 0 Å². The summed E-state index contributed by atoms with van der Waals surface area (Å²) in [5, 5.41) is 0.775. The smallest absolute Gasteiger partial charge is 0.351 e. The molecule has 1 aromatic heterocycles. The highest BCUT2D eigenvalue weighted by Crippen LogP contribution is 2.28. The van der Waals surface area contributed by atoms with Crippen LogP contribution in [0.4, 0.5) is 0 Å². The Morgan fingerprint density at radius 2 is 1.86 bits per heavy atom.